The summed E-state index contributed by atoms with van der Waals surface area (Å²) in [5.41, 5.74) is 1.96. The molecule has 2 heterocycles. The van der Waals surface area contributed by atoms with Crippen LogP contribution in [-0.4, -0.2) is 42.5 Å². The van der Waals surface area contributed by atoms with E-state index in [-0.39, 0.29) is 22.5 Å². The summed E-state index contributed by atoms with van der Waals surface area (Å²) < 4.78 is 24.6. The van der Waals surface area contributed by atoms with Crippen molar-refractivity contribution >= 4 is 38.0 Å². The third-order valence-electron chi connectivity index (χ3n) is 4.88. The van der Waals surface area contributed by atoms with E-state index in [9.17, 15) is 18.0 Å². The number of sulfone groups is 1. The van der Waals surface area contributed by atoms with Crippen molar-refractivity contribution in [1.29, 1.82) is 0 Å². The molecule has 0 saturated heterocycles. The molecule has 0 spiro atoms. The Labute approximate surface area is 180 Å². The van der Waals surface area contributed by atoms with E-state index in [4.69, 9.17) is 0 Å². The number of fused-ring (bicyclic) bond motifs is 1. The number of hydrogen-bond acceptors (Lipinski definition) is 7. The number of rotatable bonds is 7. The van der Waals surface area contributed by atoms with Crippen LogP contribution in [0, 0.1) is 6.92 Å². The van der Waals surface area contributed by atoms with Crippen LogP contribution in [0.2, 0.25) is 0 Å². The van der Waals surface area contributed by atoms with Gasteiger partial charge in [-0.3, -0.25) is 9.59 Å². The Morgan fingerprint density at radius 3 is 2.60 bits per heavy atom. The highest BCUT2D eigenvalue weighted by Gasteiger charge is 2.27. The van der Waals surface area contributed by atoms with Gasteiger partial charge in [0.2, 0.25) is 15.0 Å². The van der Waals surface area contributed by atoms with Gasteiger partial charge in [0.1, 0.15) is 10.7 Å². The lowest BCUT2D eigenvalue weighted by Crippen LogP contribution is -2.26. The third kappa shape index (κ3) is 4.54. The van der Waals surface area contributed by atoms with Crippen LogP contribution in [-0.2, 0) is 22.7 Å². The Morgan fingerprint density at radius 2 is 1.90 bits per heavy atom. The molecule has 0 atom stereocenters. The molecule has 1 aliphatic rings. The van der Waals surface area contributed by atoms with Gasteiger partial charge in [0.25, 0.3) is 11.8 Å². The van der Waals surface area contributed by atoms with E-state index in [0.717, 1.165) is 36.1 Å². The van der Waals surface area contributed by atoms with Gasteiger partial charge in [-0.05, 0) is 57.1 Å². The quantitative estimate of drug-likeness (QED) is 0.626. The molecule has 1 aliphatic carbocycles. The van der Waals surface area contributed by atoms with Crippen molar-refractivity contribution in [2.75, 3.05) is 17.6 Å². The molecule has 3 rings (SSSR count). The van der Waals surface area contributed by atoms with E-state index in [0.29, 0.717) is 29.1 Å². The van der Waals surface area contributed by atoms with Crippen LogP contribution in [0.25, 0.3) is 0 Å². The molecule has 162 valence electrons. The largest absolute Gasteiger partial charge is 0.352 e. The van der Waals surface area contributed by atoms with Crippen LogP contribution >= 0.6 is 11.3 Å². The van der Waals surface area contributed by atoms with E-state index in [1.807, 2.05) is 6.92 Å². The lowest BCUT2D eigenvalue weighted by atomic mass is 9.95. The third-order valence-corrected chi connectivity index (χ3v) is 7.78. The maximum Gasteiger partial charge on any atom is 0.275 e. The zero-order valence-corrected chi connectivity index (χ0v) is 19.0. The SMILES string of the molecule is CCCS(=O)(=O)c1ncc(C)c(C(=O)Nc2sc3c(c2C(=O)NCC)CCCC3)n1. The highest BCUT2D eigenvalue weighted by Crippen LogP contribution is 2.38. The van der Waals surface area contributed by atoms with Crippen molar-refractivity contribution in [1.82, 2.24) is 15.3 Å². The monoisotopic (exact) mass is 450 g/mol. The van der Waals surface area contributed by atoms with Crippen LogP contribution < -0.4 is 10.6 Å². The fourth-order valence-electron chi connectivity index (χ4n) is 3.47. The average Bonchev–Trinajstić information content (AvgIpc) is 3.06. The van der Waals surface area contributed by atoms with Crippen LogP contribution in [0.15, 0.2) is 11.4 Å². The molecule has 0 bridgehead atoms. The number of nitrogens with one attached hydrogen (secondary N) is 2. The molecule has 30 heavy (non-hydrogen) atoms. The van der Waals surface area contributed by atoms with Crippen molar-refractivity contribution in [2.45, 2.75) is 58.0 Å². The second kappa shape index (κ2) is 9.22. The lowest BCUT2D eigenvalue weighted by Gasteiger charge is -2.13. The molecule has 8 nitrogen and oxygen atoms in total. The highest BCUT2D eigenvalue weighted by molar-refractivity contribution is 7.91. The second-order valence-electron chi connectivity index (χ2n) is 7.23. The number of carbonyl (C=O) groups excluding carboxylic acids is 2. The molecule has 0 saturated carbocycles. The molecule has 2 N–H and O–H groups in total. The van der Waals surface area contributed by atoms with Crippen LogP contribution in [0.1, 0.15) is 70.0 Å². The van der Waals surface area contributed by atoms with Gasteiger partial charge in [-0.1, -0.05) is 6.92 Å². The fourth-order valence-corrected chi connectivity index (χ4v) is 5.92. The van der Waals surface area contributed by atoms with Crippen molar-refractivity contribution in [2.24, 2.45) is 0 Å². The van der Waals surface area contributed by atoms with Crippen molar-refractivity contribution in [3.05, 3.63) is 33.5 Å². The molecule has 0 aromatic carbocycles. The maximum atomic E-state index is 13.0. The molecule has 2 amide bonds. The number of aromatic nitrogens is 2. The highest BCUT2D eigenvalue weighted by atomic mass is 32.2. The summed E-state index contributed by atoms with van der Waals surface area (Å²) in [6.45, 7) is 5.73. The Bertz CT molecular complexity index is 1080. The zero-order chi connectivity index (χ0) is 21.9. The van der Waals surface area contributed by atoms with E-state index in [1.165, 1.54) is 17.5 Å². The number of hydrogen-bond donors (Lipinski definition) is 2. The first-order chi connectivity index (χ1) is 14.3. The van der Waals surface area contributed by atoms with Gasteiger partial charge < -0.3 is 10.6 Å². The number of thiophene rings is 1. The smallest absolute Gasteiger partial charge is 0.275 e. The molecular formula is C20H26N4O4S2. The van der Waals surface area contributed by atoms with Crippen LogP contribution in [0.3, 0.4) is 0 Å². The number of carbonyl (C=O) groups is 2. The second-order valence-corrected chi connectivity index (χ2v) is 10.3. The topological polar surface area (TPSA) is 118 Å². The predicted octanol–water partition coefficient (Wildman–Crippen LogP) is 2.91. The molecule has 10 heteroatoms. The Balaban J connectivity index is 1.97. The number of anilines is 1. The summed E-state index contributed by atoms with van der Waals surface area (Å²) in [6, 6.07) is 0. The Hall–Kier alpha value is -2.33. The summed E-state index contributed by atoms with van der Waals surface area (Å²) in [5.74, 6) is -0.847. The fraction of sp³-hybridized carbons (Fsp3) is 0.500. The Kier molecular flexibility index (Phi) is 6.87. The number of amides is 2. The first kappa shape index (κ1) is 22.4. The van der Waals surface area contributed by atoms with E-state index < -0.39 is 15.7 Å². The van der Waals surface area contributed by atoms with Gasteiger partial charge >= 0.3 is 0 Å². The van der Waals surface area contributed by atoms with Gasteiger partial charge in [0, 0.05) is 17.6 Å². The summed E-state index contributed by atoms with van der Waals surface area (Å²) in [7, 11) is -3.65. The van der Waals surface area contributed by atoms with Gasteiger partial charge in [-0.25, -0.2) is 18.4 Å². The molecule has 0 fully saturated rings. The summed E-state index contributed by atoms with van der Waals surface area (Å²) in [4.78, 5) is 34.7. The molecule has 2 aromatic heterocycles. The molecule has 2 aromatic rings. The normalized spacial score (nSPS) is 13.6. The standard InChI is InChI=1S/C20H26N4O4S2/c1-4-10-30(27,28)20-22-11-12(3)16(23-20)18(26)24-19-15(17(25)21-5-2)13-8-6-7-9-14(13)29-19/h11H,4-10H2,1-3H3,(H,21,25)(H,24,26). The average molecular weight is 451 g/mol. The molecule has 0 radical (unpaired) electrons. The van der Waals surface area contributed by atoms with Crippen molar-refractivity contribution in [3.63, 3.8) is 0 Å². The number of aryl methyl sites for hydroxylation is 2. The Morgan fingerprint density at radius 1 is 1.17 bits per heavy atom. The number of nitrogens with zero attached hydrogens (tertiary/aromatic N) is 2. The van der Waals surface area contributed by atoms with E-state index >= 15 is 0 Å². The van der Waals surface area contributed by atoms with Gasteiger partial charge in [0.15, 0.2) is 0 Å². The van der Waals surface area contributed by atoms with Crippen LogP contribution in [0.5, 0.6) is 0 Å². The van der Waals surface area contributed by atoms with Gasteiger partial charge in [-0.2, -0.15) is 0 Å². The summed E-state index contributed by atoms with van der Waals surface area (Å²) in [6.07, 6.45) is 5.52. The minimum absolute atomic E-state index is 0.00657. The minimum atomic E-state index is -3.65. The lowest BCUT2D eigenvalue weighted by molar-refractivity contribution is 0.0956. The first-order valence-electron chi connectivity index (χ1n) is 10.1. The minimum Gasteiger partial charge on any atom is -0.352 e. The van der Waals surface area contributed by atoms with Gasteiger partial charge in [-0.15, -0.1) is 11.3 Å². The maximum absolute atomic E-state index is 13.0. The van der Waals surface area contributed by atoms with E-state index in [2.05, 4.69) is 20.6 Å². The van der Waals surface area contributed by atoms with Crippen LogP contribution in [0.4, 0.5) is 5.00 Å². The van der Waals surface area contributed by atoms with Gasteiger partial charge in [0.05, 0.1) is 11.3 Å². The molecule has 0 unspecified atom stereocenters. The summed E-state index contributed by atoms with van der Waals surface area (Å²) in [5, 5.41) is 5.75. The van der Waals surface area contributed by atoms with Crippen molar-refractivity contribution in [3.8, 4) is 0 Å². The first-order valence-corrected chi connectivity index (χ1v) is 12.6. The zero-order valence-electron chi connectivity index (χ0n) is 17.4. The molecular weight excluding hydrogens is 424 g/mol. The predicted molar refractivity (Wildman–Crippen MR) is 116 cm³/mol. The summed E-state index contributed by atoms with van der Waals surface area (Å²) >= 11 is 1.41. The molecule has 0 aliphatic heterocycles. The van der Waals surface area contributed by atoms with Crippen molar-refractivity contribution < 1.29 is 18.0 Å². The van der Waals surface area contributed by atoms with E-state index in [1.54, 1.807) is 13.8 Å².